The normalized spacial score (nSPS) is 47.9. The van der Waals surface area contributed by atoms with Crippen molar-refractivity contribution >= 4 is 11.6 Å². The van der Waals surface area contributed by atoms with E-state index < -0.39 is 36.1 Å². The predicted octanol–water partition coefficient (Wildman–Crippen LogP) is 4.08. The van der Waals surface area contributed by atoms with Crippen LogP contribution in [0.2, 0.25) is 0 Å². The van der Waals surface area contributed by atoms with Gasteiger partial charge in [0.25, 0.3) is 0 Å². The summed E-state index contributed by atoms with van der Waals surface area (Å²) in [5.74, 6) is 2.27. The number of carbonyl (C=O) groups is 2. The number of Topliss-reactive ketones (excluding diaryl/α,β-unsaturated/α-hetero) is 1. The zero-order valence-corrected chi connectivity index (χ0v) is 25.3. The van der Waals surface area contributed by atoms with E-state index in [0.717, 1.165) is 48.2 Å². The van der Waals surface area contributed by atoms with Crippen molar-refractivity contribution < 1.29 is 29.3 Å². The summed E-state index contributed by atoms with van der Waals surface area (Å²) in [5, 5.41) is 25.6. The summed E-state index contributed by atoms with van der Waals surface area (Å²) in [6.45, 7) is 5.95. The number of nitrogens with one attached hydrogen (secondary N) is 1. The molecule has 1 aromatic carbocycles. The second kappa shape index (κ2) is 9.92. The van der Waals surface area contributed by atoms with Crippen molar-refractivity contribution in [2.75, 3.05) is 19.7 Å². The van der Waals surface area contributed by atoms with Crippen molar-refractivity contribution in [1.29, 1.82) is 0 Å². The van der Waals surface area contributed by atoms with Gasteiger partial charge in [-0.2, -0.15) is 0 Å². The van der Waals surface area contributed by atoms with Crippen molar-refractivity contribution in [3.8, 4) is 0 Å². The Balaban J connectivity index is 1.05. The molecule has 2 heterocycles. The molecule has 230 valence electrons. The number of hydrogen-bond donors (Lipinski definition) is 3. The van der Waals surface area contributed by atoms with Crippen LogP contribution in [0, 0.1) is 46.3 Å². The van der Waals surface area contributed by atoms with Gasteiger partial charge < -0.3 is 25.0 Å². The molecule has 0 bridgehead atoms. The average molecular weight is 588 g/mol. The molecule has 0 radical (unpaired) electrons. The average Bonchev–Trinajstić information content (AvgIpc) is 3.73. The van der Waals surface area contributed by atoms with E-state index in [1.807, 2.05) is 6.08 Å². The Morgan fingerprint density at radius 3 is 2.56 bits per heavy atom. The van der Waals surface area contributed by atoms with E-state index in [0.29, 0.717) is 12.8 Å². The van der Waals surface area contributed by atoms with Crippen LogP contribution in [-0.2, 0) is 25.5 Å². The van der Waals surface area contributed by atoms with Crippen molar-refractivity contribution in [3.05, 3.63) is 59.2 Å². The molecule has 7 heteroatoms. The molecule has 1 aromatic rings. The number of ether oxygens (including phenoxy) is 2. The Hall–Kier alpha value is -2.16. The molecule has 11 atom stereocenters. The summed E-state index contributed by atoms with van der Waals surface area (Å²) in [5.41, 5.74) is 0.936. The van der Waals surface area contributed by atoms with Crippen molar-refractivity contribution in [2.45, 2.75) is 82.9 Å². The quantitative estimate of drug-likeness (QED) is 0.477. The molecule has 2 unspecified atom stereocenters. The van der Waals surface area contributed by atoms with Crippen LogP contribution in [0.1, 0.15) is 69.8 Å². The lowest BCUT2D eigenvalue weighted by Gasteiger charge is -2.59. The molecular weight excluding hydrogens is 542 g/mol. The van der Waals surface area contributed by atoms with Gasteiger partial charge >= 0.3 is 0 Å². The first-order chi connectivity index (χ1) is 20.7. The van der Waals surface area contributed by atoms with Crippen molar-refractivity contribution in [3.63, 3.8) is 0 Å². The second-order valence-electron chi connectivity index (χ2n) is 15.3. The van der Waals surface area contributed by atoms with Crippen LogP contribution < -0.4 is 5.32 Å². The summed E-state index contributed by atoms with van der Waals surface area (Å²) < 4.78 is 13.4. The molecular formula is C36H45NO6. The summed E-state index contributed by atoms with van der Waals surface area (Å²) in [6, 6.07) is 8.51. The highest BCUT2D eigenvalue weighted by Gasteiger charge is 2.75. The van der Waals surface area contributed by atoms with Gasteiger partial charge in [-0.1, -0.05) is 49.8 Å². The first-order valence-electron chi connectivity index (χ1n) is 16.6. The fraction of sp³-hybridized carbons (Fsp3) is 0.667. The smallest absolute Gasteiger partial charge is 0.193 e. The fourth-order valence-electron chi connectivity index (χ4n) is 11.4. The number of carbonyl (C=O) groups excluding carboxylic acids is 2. The molecule has 5 aliphatic carbocycles. The number of fused-ring (bicyclic) bond motifs is 8. The Morgan fingerprint density at radius 1 is 1.09 bits per heavy atom. The number of benzene rings is 1. The van der Waals surface area contributed by atoms with E-state index in [2.05, 4.69) is 43.4 Å². The minimum Gasteiger partial charge on any atom is -0.393 e. The molecule has 0 aromatic heterocycles. The van der Waals surface area contributed by atoms with Crippen LogP contribution in [0.3, 0.4) is 0 Å². The lowest BCUT2D eigenvalue weighted by molar-refractivity contribution is -0.201. The maximum Gasteiger partial charge on any atom is 0.193 e. The molecule has 0 spiro atoms. The van der Waals surface area contributed by atoms with Gasteiger partial charge in [0.2, 0.25) is 0 Å². The number of allylic oxidation sites excluding steroid dienone is 4. The van der Waals surface area contributed by atoms with Gasteiger partial charge in [0.15, 0.2) is 23.5 Å². The zero-order chi connectivity index (χ0) is 29.7. The van der Waals surface area contributed by atoms with Crippen LogP contribution >= 0.6 is 0 Å². The molecule has 7 aliphatic rings. The summed E-state index contributed by atoms with van der Waals surface area (Å²) in [4.78, 5) is 26.0. The molecule has 7 nitrogen and oxygen atoms in total. The first-order valence-corrected chi connectivity index (χ1v) is 16.6. The van der Waals surface area contributed by atoms with E-state index in [-0.39, 0.29) is 34.7 Å². The Labute approximate surface area is 254 Å². The Bertz CT molecular complexity index is 1370. The van der Waals surface area contributed by atoms with Crippen LogP contribution in [0.25, 0.3) is 0 Å². The van der Waals surface area contributed by atoms with Gasteiger partial charge in [-0.15, -0.1) is 0 Å². The SMILES string of the molecule is C[C@]12C=CC(=O)C=C1CC[C@@H]1[C@@H]2[C@@H](O)C[C@@]2(C)[C@H]1C[C@H]1O[C@@H](c3ccc(CC4CC5CNCC5C4)cc3)O[C@]12C(=O)CO. The standard InChI is InChI=1S/C36H45NO6/c1-34-10-9-26(39)14-25(34)7-8-27-28-15-31-36(30(41)19-38,35(28,2)16-29(40)32(27)34)43-33(42-31)22-5-3-20(4-6-22)11-21-12-23-17-37-18-24(23)13-21/h3-6,9-10,14,21,23-24,27-29,31-33,37-38,40H,7-8,11-13,15-19H2,1-2H3/t21?,23?,24?,27-,28-,29-,31+,32+,33+,34-,35-,36+/m0/s1. The molecule has 4 saturated carbocycles. The molecule has 0 amide bonds. The van der Waals surface area contributed by atoms with Crippen molar-refractivity contribution in [2.24, 2.45) is 46.3 Å². The minimum absolute atomic E-state index is 0.0169. The van der Waals surface area contributed by atoms with Gasteiger partial charge in [0, 0.05) is 22.3 Å². The lowest BCUT2D eigenvalue weighted by atomic mass is 9.46. The Morgan fingerprint density at radius 2 is 1.84 bits per heavy atom. The molecule has 2 saturated heterocycles. The zero-order valence-electron chi connectivity index (χ0n) is 25.3. The van der Waals surface area contributed by atoms with Gasteiger partial charge in [-0.25, -0.2) is 0 Å². The molecule has 3 N–H and O–H groups in total. The monoisotopic (exact) mass is 587 g/mol. The third-order valence-electron chi connectivity index (χ3n) is 13.3. The van der Waals surface area contributed by atoms with Crippen LogP contribution in [-0.4, -0.2) is 59.3 Å². The van der Waals surface area contributed by atoms with Crippen LogP contribution in [0.15, 0.2) is 48.1 Å². The van der Waals surface area contributed by atoms with Gasteiger partial charge in [-0.3, -0.25) is 9.59 Å². The first kappa shape index (κ1) is 28.3. The molecule has 6 fully saturated rings. The topological polar surface area (TPSA) is 105 Å². The number of ketones is 2. The van der Waals surface area contributed by atoms with E-state index in [4.69, 9.17) is 9.47 Å². The van der Waals surface area contributed by atoms with Gasteiger partial charge in [-0.05, 0) is 105 Å². The van der Waals surface area contributed by atoms with E-state index in [1.165, 1.54) is 31.5 Å². The molecule has 8 rings (SSSR count). The Kier molecular flexibility index (Phi) is 6.53. The van der Waals surface area contributed by atoms with Crippen LogP contribution in [0.5, 0.6) is 0 Å². The fourth-order valence-corrected chi connectivity index (χ4v) is 11.4. The van der Waals surface area contributed by atoms with Gasteiger partial charge in [0.05, 0.1) is 12.2 Å². The number of rotatable bonds is 5. The highest BCUT2D eigenvalue weighted by molar-refractivity contribution is 6.01. The second-order valence-corrected chi connectivity index (χ2v) is 15.3. The lowest BCUT2D eigenvalue weighted by Crippen LogP contribution is -2.63. The number of aliphatic hydroxyl groups excluding tert-OH is 2. The van der Waals surface area contributed by atoms with E-state index in [1.54, 1.807) is 12.2 Å². The maximum absolute atomic E-state index is 13.8. The highest BCUT2D eigenvalue weighted by atomic mass is 16.7. The summed E-state index contributed by atoms with van der Waals surface area (Å²) >= 11 is 0. The third kappa shape index (κ3) is 3.97. The molecule has 2 aliphatic heterocycles. The van der Waals surface area contributed by atoms with Crippen LogP contribution in [0.4, 0.5) is 0 Å². The number of hydrogen-bond acceptors (Lipinski definition) is 7. The minimum atomic E-state index is -1.31. The van der Waals surface area contributed by atoms with Crippen molar-refractivity contribution in [1.82, 2.24) is 5.32 Å². The summed E-state index contributed by atoms with van der Waals surface area (Å²) in [7, 11) is 0. The third-order valence-corrected chi connectivity index (χ3v) is 13.3. The summed E-state index contributed by atoms with van der Waals surface area (Å²) in [6.07, 6.45) is 9.95. The van der Waals surface area contributed by atoms with E-state index in [9.17, 15) is 19.8 Å². The largest absolute Gasteiger partial charge is 0.393 e. The van der Waals surface area contributed by atoms with E-state index >= 15 is 0 Å². The molecule has 43 heavy (non-hydrogen) atoms. The highest BCUT2D eigenvalue weighted by Crippen LogP contribution is 2.70. The maximum atomic E-state index is 13.8. The number of aliphatic hydroxyl groups is 2. The van der Waals surface area contributed by atoms with Gasteiger partial charge in [0.1, 0.15) is 6.61 Å². The predicted molar refractivity (Wildman–Crippen MR) is 160 cm³/mol.